The predicted octanol–water partition coefficient (Wildman–Crippen LogP) is 2.12. The van der Waals surface area contributed by atoms with E-state index < -0.39 is 12.0 Å². The lowest BCUT2D eigenvalue weighted by Gasteiger charge is -2.28. The number of hydrazine groups is 1. The zero-order chi connectivity index (χ0) is 15.5. The molecule has 0 aliphatic heterocycles. The minimum atomic E-state index is -4.66. The number of halogens is 3. The number of nitrogens with two attached hydrogens (primary N) is 1. The lowest BCUT2D eigenvalue weighted by atomic mass is 9.95. The van der Waals surface area contributed by atoms with E-state index >= 15 is 0 Å². The molecule has 1 fully saturated rings. The Balaban J connectivity index is 2.15. The molecule has 21 heavy (non-hydrogen) atoms. The Morgan fingerprint density at radius 1 is 1.29 bits per heavy atom. The van der Waals surface area contributed by atoms with Crippen LogP contribution in [-0.4, -0.2) is 29.3 Å². The van der Waals surface area contributed by atoms with Crippen LogP contribution in [-0.2, 0) is 10.9 Å². The quantitative estimate of drug-likeness (QED) is 0.655. The van der Waals surface area contributed by atoms with Crippen molar-refractivity contribution in [2.24, 2.45) is 5.84 Å². The van der Waals surface area contributed by atoms with Gasteiger partial charge in [-0.2, -0.15) is 18.2 Å². The number of hydrogen-bond acceptors (Lipinski definition) is 6. The van der Waals surface area contributed by atoms with E-state index in [4.69, 9.17) is 15.3 Å². The molecule has 118 valence electrons. The van der Waals surface area contributed by atoms with E-state index in [0.29, 0.717) is 6.42 Å². The Labute approximate surface area is 119 Å². The van der Waals surface area contributed by atoms with Crippen LogP contribution in [0.1, 0.15) is 31.5 Å². The highest BCUT2D eigenvalue weighted by Crippen LogP contribution is 2.30. The standard InChI is InChI=1S/C12H17F3N4O2/c1-20-7-3-2-4-8(5-7)21-10-6-9(19-16)17-11(18-10)12(13,14)15/h6-8H,2-5,16H2,1H3,(H,17,18,19). The maximum Gasteiger partial charge on any atom is 0.451 e. The normalized spacial score (nSPS) is 22.9. The van der Waals surface area contributed by atoms with E-state index in [1.807, 2.05) is 0 Å². The first-order valence-corrected chi connectivity index (χ1v) is 6.54. The van der Waals surface area contributed by atoms with Crippen LogP contribution in [0.15, 0.2) is 6.07 Å². The molecule has 2 rings (SSSR count). The van der Waals surface area contributed by atoms with E-state index in [1.165, 1.54) is 6.07 Å². The summed E-state index contributed by atoms with van der Waals surface area (Å²) in [6.45, 7) is 0. The Hall–Kier alpha value is -1.61. The van der Waals surface area contributed by atoms with Crippen molar-refractivity contribution in [1.29, 1.82) is 0 Å². The van der Waals surface area contributed by atoms with Crippen molar-refractivity contribution in [1.82, 2.24) is 9.97 Å². The van der Waals surface area contributed by atoms with Gasteiger partial charge in [-0.05, 0) is 19.3 Å². The predicted molar refractivity (Wildman–Crippen MR) is 68.5 cm³/mol. The van der Waals surface area contributed by atoms with Crippen LogP contribution in [0.25, 0.3) is 0 Å². The third-order valence-electron chi connectivity index (χ3n) is 3.30. The first kappa shape index (κ1) is 15.8. The second-order valence-electron chi connectivity index (χ2n) is 4.82. The zero-order valence-electron chi connectivity index (χ0n) is 11.5. The van der Waals surface area contributed by atoms with E-state index in [1.54, 1.807) is 7.11 Å². The fourth-order valence-electron chi connectivity index (χ4n) is 2.28. The van der Waals surface area contributed by atoms with Crippen molar-refractivity contribution in [2.75, 3.05) is 12.5 Å². The average molecular weight is 306 g/mol. The van der Waals surface area contributed by atoms with Crippen LogP contribution < -0.4 is 16.0 Å². The molecule has 1 aliphatic rings. The van der Waals surface area contributed by atoms with Gasteiger partial charge in [-0.15, -0.1) is 0 Å². The van der Waals surface area contributed by atoms with Gasteiger partial charge in [-0.3, -0.25) is 0 Å². The maximum absolute atomic E-state index is 12.7. The fraction of sp³-hybridized carbons (Fsp3) is 0.667. The van der Waals surface area contributed by atoms with Crippen LogP contribution in [0.3, 0.4) is 0 Å². The van der Waals surface area contributed by atoms with Crippen LogP contribution in [0, 0.1) is 0 Å². The highest BCUT2D eigenvalue weighted by atomic mass is 19.4. The topological polar surface area (TPSA) is 82.3 Å². The molecule has 1 aliphatic carbocycles. The molecular formula is C12H17F3N4O2. The molecule has 0 bridgehead atoms. The molecule has 0 spiro atoms. The van der Waals surface area contributed by atoms with Crippen molar-refractivity contribution >= 4 is 5.82 Å². The van der Waals surface area contributed by atoms with Crippen LogP contribution in [0.5, 0.6) is 5.88 Å². The van der Waals surface area contributed by atoms with Crippen LogP contribution >= 0.6 is 0 Å². The molecular weight excluding hydrogens is 289 g/mol. The summed E-state index contributed by atoms with van der Waals surface area (Å²) in [6, 6.07) is 1.24. The Bertz CT molecular complexity index is 484. The van der Waals surface area contributed by atoms with Gasteiger partial charge in [-0.25, -0.2) is 10.8 Å². The van der Waals surface area contributed by atoms with Gasteiger partial charge in [-0.1, -0.05) is 0 Å². The van der Waals surface area contributed by atoms with Crippen molar-refractivity contribution in [2.45, 2.75) is 44.1 Å². The summed E-state index contributed by atoms with van der Waals surface area (Å²) in [5.74, 6) is 3.55. The number of rotatable bonds is 4. The van der Waals surface area contributed by atoms with Crippen molar-refractivity contribution < 1.29 is 22.6 Å². The number of hydrogen-bond donors (Lipinski definition) is 2. The summed E-state index contributed by atoms with van der Waals surface area (Å²) in [5.41, 5.74) is 2.08. The highest BCUT2D eigenvalue weighted by molar-refractivity contribution is 5.37. The molecule has 6 nitrogen and oxygen atoms in total. The van der Waals surface area contributed by atoms with Gasteiger partial charge < -0.3 is 14.9 Å². The smallest absolute Gasteiger partial charge is 0.451 e. The lowest BCUT2D eigenvalue weighted by molar-refractivity contribution is -0.145. The fourth-order valence-corrected chi connectivity index (χ4v) is 2.28. The summed E-state index contributed by atoms with van der Waals surface area (Å²) >= 11 is 0. The van der Waals surface area contributed by atoms with Gasteiger partial charge in [0.1, 0.15) is 11.9 Å². The Kier molecular flexibility index (Phi) is 4.84. The van der Waals surface area contributed by atoms with Crippen molar-refractivity contribution in [3.63, 3.8) is 0 Å². The van der Waals surface area contributed by atoms with Gasteiger partial charge in [0.15, 0.2) is 0 Å². The van der Waals surface area contributed by atoms with E-state index in [0.717, 1.165) is 19.3 Å². The van der Waals surface area contributed by atoms with Crippen LogP contribution in [0.4, 0.5) is 19.0 Å². The minimum Gasteiger partial charge on any atom is -0.474 e. The second kappa shape index (κ2) is 6.44. The van der Waals surface area contributed by atoms with E-state index in [9.17, 15) is 13.2 Å². The molecule has 1 saturated carbocycles. The first-order valence-electron chi connectivity index (χ1n) is 6.54. The number of methoxy groups -OCH3 is 1. The van der Waals surface area contributed by atoms with Crippen molar-refractivity contribution in [3.05, 3.63) is 11.9 Å². The Morgan fingerprint density at radius 2 is 2.00 bits per heavy atom. The number of nitrogens with one attached hydrogen (secondary N) is 1. The highest BCUT2D eigenvalue weighted by Gasteiger charge is 2.36. The van der Waals surface area contributed by atoms with Crippen LogP contribution in [0.2, 0.25) is 0 Å². The molecule has 2 atom stereocenters. The molecule has 2 unspecified atom stereocenters. The van der Waals surface area contributed by atoms with Gasteiger partial charge >= 0.3 is 6.18 Å². The lowest BCUT2D eigenvalue weighted by Crippen LogP contribution is -2.30. The zero-order valence-corrected chi connectivity index (χ0v) is 11.5. The van der Waals surface area contributed by atoms with Gasteiger partial charge in [0.25, 0.3) is 0 Å². The molecule has 0 saturated heterocycles. The second-order valence-corrected chi connectivity index (χ2v) is 4.82. The minimum absolute atomic E-state index is 0.0553. The summed E-state index contributed by atoms with van der Waals surface area (Å²) < 4.78 is 48.9. The summed E-state index contributed by atoms with van der Waals surface area (Å²) in [6.07, 6.45) is -1.66. The molecule has 0 aromatic carbocycles. The molecule has 1 aromatic rings. The molecule has 9 heteroatoms. The monoisotopic (exact) mass is 306 g/mol. The Morgan fingerprint density at radius 3 is 2.62 bits per heavy atom. The summed E-state index contributed by atoms with van der Waals surface area (Å²) in [4.78, 5) is 6.67. The largest absolute Gasteiger partial charge is 0.474 e. The van der Waals surface area contributed by atoms with Gasteiger partial charge in [0.05, 0.1) is 6.10 Å². The third-order valence-corrected chi connectivity index (χ3v) is 3.30. The number of ether oxygens (including phenoxy) is 2. The number of nitrogens with zero attached hydrogens (tertiary/aromatic N) is 2. The maximum atomic E-state index is 12.7. The molecule has 0 radical (unpaired) electrons. The van der Waals surface area contributed by atoms with Gasteiger partial charge in [0, 0.05) is 19.6 Å². The number of alkyl halides is 3. The average Bonchev–Trinajstić information content (AvgIpc) is 2.46. The molecule has 1 aromatic heterocycles. The number of nitrogen functional groups attached to an aromatic ring is 1. The molecule has 1 heterocycles. The van der Waals surface area contributed by atoms with Gasteiger partial charge in [0.2, 0.25) is 11.7 Å². The summed E-state index contributed by atoms with van der Waals surface area (Å²) in [5, 5.41) is 0. The van der Waals surface area contributed by atoms with E-state index in [-0.39, 0.29) is 23.9 Å². The van der Waals surface area contributed by atoms with Crippen molar-refractivity contribution in [3.8, 4) is 5.88 Å². The summed E-state index contributed by atoms with van der Waals surface area (Å²) in [7, 11) is 1.61. The number of aromatic nitrogens is 2. The molecule has 3 N–H and O–H groups in total. The SMILES string of the molecule is COC1CCCC(Oc2cc(NN)nc(C(F)(F)F)n2)C1. The molecule has 0 amide bonds. The van der Waals surface area contributed by atoms with E-state index in [2.05, 4.69) is 15.4 Å². The third kappa shape index (κ3) is 4.18. The number of anilines is 1. The first-order chi connectivity index (χ1) is 9.92.